The van der Waals surface area contributed by atoms with Crippen molar-refractivity contribution in [1.82, 2.24) is 0 Å². The van der Waals surface area contributed by atoms with E-state index in [2.05, 4.69) is 0 Å². The van der Waals surface area contributed by atoms with Gasteiger partial charge >= 0.3 is 5.97 Å². The summed E-state index contributed by atoms with van der Waals surface area (Å²) in [5, 5.41) is 9.84. The van der Waals surface area contributed by atoms with E-state index in [0.717, 1.165) is 10.5 Å². The van der Waals surface area contributed by atoms with Crippen LogP contribution in [0.2, 0.25) is 5.02 Å². The molecule has 0 aliphatic heterocycles. The summed E-state index contributed by atoms with van der Waals surface area (Å²) in [7, 11) is 1.46. The van der Waals surface area contributed by atoms with Gasteiger partial charge in [0, 0.05) is 15.7 Å². The Morgan fingerprint density at radius 1 is 1.25 bits per heavy atom. The molecule has 0 aliphatic carbocycles. The van der Waals surface area contributed by atoms with Gasteiger partial charge in [-0.3, -0.25) is 0 Å². The molecular formula is C15H13ClO3S. The predicted molar refractivity (Wildman–Crippen MR) is 81.0 cm³/mol. The number of hydrogen-bond donors (Lipinski definition) is 1. The molecule has 3 nitrogen and oxygen atoms in total. The molecule has 0 heterocycles. The highest BCUT2D eigenvalue weighted by Gasteiger charge is 2.11. The average molecular weight is 309 g/mol. The van der Waals surface area contributed by atoms with Crippen molar-refractivity contribution in [2.24, 2.45) is 0 Å². The summed E-state index contributed by atoms with van der Waals surface area (Å²) < 4.78 is 5.04. The third-order valence-corrected chi connectivity index (χ3v) is 4.05. The molecule has 20 heavy (non-hydrogen) atoms. The molecule has 0 saturated carbocycles. The molecule has 104 valence electrons. The van der Waals surface area contributed by atoms with Gasteiger partial charge in [-0.2, -0.15) is 0 Å². The summed E-state index contributed by atoms with van der Waals surface area (Å²) in [5.41, 5.74) is 1.12. The van der Waals surface area contributed by atoms with Gasteiger partial charge in [-0.1, -0.05) is 17.7 Å². The third-order valence-electron chi connectivity index (χ3n) is 2.71. The Labute approximate surface area is 126 Å². The largest absolute Gasteiger partial charge is 0.496 e. The van der Waals surface area contributed by atoms with Gasteiger partial charge in [0.2, 0.25) is 0 Å². The fourth-order valence-corrected chi connectivity index (χ4v) is 2.68. The van der Waals surface area contributed by atoms with Crippen LogP contribution in [0.3, 0.4) is 0 Å². The second kappa shape index (κ2) is 6.68. The van der Waals surface area contributed by atoms with Crippen LogP contribution in [0.15, 0.2) is 47.4 Å². The number of thioether (sulfide) groups is 1. The molecule has 0 unspecified atom stereocenters. The SMILES string of the molecule is COc1ccc(CSc2ccc(Cl)cc2)cc1C(=O)O. The smallest absolute Gasteiger partial charge is 0.339 e. The van der Waals surface area contributed by atoms with Crippen molar-refractivity contribution in [2.75, 3.05) is 7.11 Å². The Kier molecular flexibility index (Phi) is 4.93. The van der Waals surface area contributed by atoms with Gasteiger partial charge in [0.1, 0.15) is 11.3 Å². The van der Waals surface area contributed by atoms with Crippen LogP contribution in [0.25, 0.3) is 0 Å². The number of ether oxygens (including phenoxy) is 1. The summed E-state index contributed by atoms with van der Waals surface area (Å²) in [4.78, 5) is 12.2. The number of rotatable bonds is 5. The van der Waals surface area contributed by atoms with Gasteiger partial charge < -0.3 is 9.84 Å². The average Bonchev–Trinajstić information content (AvgIpc) is 2.46. The number of methoxy groups -OCH3 is 1. The van der Waals surface area contributed by atoms with E-state index in [0.29, 0.717) is 16.5 Å². The number of carbonyl (C=O) groups is 1. The molecule has 1 N–H and O–H groups in total. The second-order valence-corrected chi connectivity index (χ2v) is 5.57. The molecule has 2 rings (SSSR count). The van der Waals surface area contributed by atoms with E-state index in [-0.39, 0.29) is 5.56 Å². The molecule has 0 spiro atoms. The van der Waals surface area contributed by atoms with Crippen LogP contribution in [-0.2, 0) is 5.75 Å². The number of hydrogen-bond acceptors (Lipinski definition) is 3. The summed E-state index contributed by atoms with van der Waals surface area (Å²) >= 11 is 7.45. The van der Waals surface area contributed by atoms with Crippen molar-refractivity contribution in [2.45, 2.75) is 10.6 Å². The molecule has 0 aromatic heterocycles. The molecule has 0 amide bonds. The molecule has 0 saturated heterocycles. The lowest BCUT2D eigenvalue weighted by Gasteiger charge is -2.07. The van der Waals surface area contributed by atoms with Crippen LogP contribution in [0.5, 0.6) is 5.75 Å². The maximum Gasteiger partial charge on any atom is 0.339 e. The second-order valence-electron chi connectivity index (χ2n) is 4.08. The van der Waals surface area contributed by atoms with Crippen molar-refractivity contribution in [3.8, 4) is 5.75 Å². The van der Waals surface area contributed by atoms with E-state index in [1.807, 2.05) is 30.3 Å². The van der Waals surface area contributed by atoms with Crippen molar-refractivity contribution in [3.05, 3.63) is 58.6 Å². The van der Waals surface area contributed by atoms with E-state index >= 15 is 0 Å². The zero-order chi connectivity index (χ0) is 14.5. The molecule has 0 radical (unpaired) electrons. The van der Waals surface area contributed by atoms with E-state index in [4.69, 9.17) is 21.4 Å². The molecule has 2 aromatic carbocycles. The van der Waals surface area contributed by atoms with Gasteiger partial charge in [0.25, 0.3) is 0 Å². The highest BCUT2D eigenvalue weighted by molar-refractivity contribution is 7.98. The Morgan fingerprint density at radius 3 is 2.55 bits per heavy atom. The van der Waals surface area contributed by atoms with Gasteiger partial charge in [0.05, 0.1) is 7.11 Å². The minimum atomic E-state index is -0.986. The molecule has 0 bridgehead atoms. The van der Waals surface area contributed by atoms with E-state index < -0.39 is 5.97 Å². The normalized spacial score (nSPS) is 10.3. The minimum absolute atomic E-state index is 0.182. The predicted octanol–water partition coefficient (Wildman–Crippen LogP) is 4.34. The van der Waals surface area contributed by atoms with Crippen LogP contribution < -0.4 is 4.74 Å². The van der Waals surface area contributed by atoms with Gasteiger partial charge in [0.15, 0.2) is 0 Å². The first-order valence-corrected chi connectivity index (χ1v) is 7.25. The number of carboxylic acids is 1. The highest BCUT2D eigenvalue weighted by Crippen LogP contribution is 2.27. The third kappa shape index (κ3) is 3.68. The highest BCUT2D eigenvalue weighted by atomic mass is 35.5. The van der Waals surface area contributed by atoms with Crippen molar-refractivity contribution in [3.63, 3.8) is 0 Å². The Morgan fingerprint density at radius 2 is 1.95 bits per heavy atom. The zero-order valence-corrected chi connectivity index (χ0v) is 12.4. The first-order valence-electron chi connectivity index (χ1n) is 5.88. The fourth-order valence-electron chi connectivity index (χ4n) is 1.71. The van der Waals surface area contributed by atoms with Crippen LogP contribution in [-0.4, -0.2) is 18.2 Å². The first kappa shape index (κ1) is 14.8. The summed E-state index contributed by atoms with van der Waals surface area (Å²) in [6, 6.07) is 12.7. The lowest BCUT2D eigenvalue weighted by molar-refractivity contribution is 0.0693. The van der Waals surface area contributed by atoms with Crippen LogP contribution in [0.4, 0.5) is 0 Å². The van der Waals surface area contributed by atoms with E-state index in [9.17, 15) is 4.79 Å². The lowest BCUT2D eigenvalue weighted by Crippen LogP contribution is -2.01. The van der Waals surface area contributed by atoms with Crippen LogP contribution in [0, 0.1) is 0 Å². The number of aromatic carboxylic acids is 1. The van der Waals surface area contributed by atoms with Gasteiger partial charge in [-0.25, -0.2) is 4.79 Å². The van der Waals surface area contributed by atoms with Crippen molar-refractivity contribution >= 4 is 29.3 Å². The molecule has 0 fully saturated rings. The van der Waals surface area contributed by atoms with E-state index in [1.54, 1.807) is 23.9 Å². The summed E-state index contributed by atoms with van der Waals surface area (Å²) in [6.07, 6.45) is 0. The Bertz CT molecular complexity index is 611. The number of benzene rings is 2. The minimum Gasteiger partial charge on any atom is -0.496 e. The van der Waals surface area contributed by atoms with Crippen molar-refractivity contribution in [1.29, 1.82) is 0 Å². The Balaban J connectivity index is 2.11. The Hall–Kier alpha value is -1.65. The van der Waals surface area contributed by atoms with E-state index in [1.165, 1.54) is 7.11 Å². The van der Waals surface area contributed by atoms with Gasteiger partial charge in [-0.15, -0.1) is 11.8 Å². The zero-order valence-electron chi connectivity index (χ0n) is 10.8. The molecular weight excluding hydrogens is 296 g/mol. The standard InChI is InChI=1S/C15H13ClO3S/c1-19-14-7-2-10(8-13(14)15(17)18)9-20-12-5-3-11(16)4-6-12/h2-8H,9H2,1H3,(H,17,18). The lowest BCUT2D eigenvalue weighted by atomic mass is 10.1. The molecule has 5 heteroatoms. The number of carboxylic acid groups (broad SMARTS) is 1. The maximum atomic E-state index is 11.1. The topological polar surface area (TPSA) is 46.5 Å². The van der Waals surface area contributed by atoms with Gasteiger partial charge in [-0.05, 0) is 42.0 Å². The summed E-state index contributed by atoms with van der Waals surface area (Å²) in [6.45, 7) is 0. The van der Waals surface area contributed by atoms with Crippen molar-refractivity contribution < 1.29 is 14.6 Å². The molecule has 0 atom stereocenters. The molecule has 2 aromatic rings. The number of halogens is 1. The quantitative estimate of drug-likeness (QED) is 0.835. The van der Waals surface area contributed by atoms with Crippen LogP contribution in [0.1, 0.15) is 15.9 Å². The first-order chi connectivity index (χ1) is 9.60. The maximum absolute atomic E-state index is 11.1. The monoisotopic (exact) mass is 308 g/mol. The fraction of sp³-hybridized carbons (Fsp3) is 0.133. The summed E-state index contributed by atoms with van der Waals surface area (Å²) in [5.74, 6) is 0.0734. The van der Waals surface area contributed by atoms with Crippen LogP contribution >= 0.6 is 23.4 Å². The molecule has 0 aliphatic rings.